The number of benzene rings is 1. The van der Waals surface area contributed by atoms with Gasteiger partial charge in [-0.25, -0.2) is 0 Å². The second-order valence-electron chi connectivity index (χ2n) is 9.14. The lowest BCUT2D eigenvalue weighted by Crippen LogP contribution is -2.35. The highest BCUT2D eigenvalue weighted by Gasteiger charge is 2.39. The number of carbonyl (C=O) groups excluding carboxylic acids is 1. The molecule has 1 aliphatic heterocycles. The molecule has 0 saturated carbocycles. The maximum Gasteiger partial charge on any atom is 0.435 e. The number of nitriles is 1. The zero-order chi connectivity index (χ0) is 26.7. The molecule has 3 heterocycles. The molecule has 2 aromatic heterocycles. The summed E-state index contributed by atoms with van der Waals surface area (Å²) < 4.78 is 43.5. The summed E-state index contributed by atoms with van der Waals surface area (Å²) in [4.78, 5) is 16.8. The molecular formula is C26H25ClF3N5OS. The molecule has 1 aliphatic rings. The normalized spacial score (nSPS) is 16.6. The number of aldehydes is 1. The minimum atomic E-state index is -4.69. The maximum absolute atomic E-state index is 14.0. The van der Waals surface area contributed by atoms with Crippen LogP contribution in [0.1, 0.15) is 27.6 Å². The molecule has 11 heteroatoms. The van der Waals surface area contributed by atoms with Crippen LogP contribution in [0.15, 0.2) is 48.2 Å². The van der Waals surface area contributed by atoms with Crippen molar-refractivity contribution in [1.82, 2.24) is 19.6 Å². The van der Waals surface area contributed by atoms with Gasteiger partial charge in [-0.15, -0.1) is 11.3 Å². The van der Waals surface area contributed by atoms with E-state index in [1.165, 1.54) is 17.5 Å². The molecule has 1 atom stereocenters. The number of carbonyl (C=O) groups is 1. The van der Waals surface area contributed by atoms with Gasteiger partial charge in [-0.05, 0) is 36.9 Å². The highest BCUT2D eigenvalue weighted by molar-refractivity contribution is 7.16. The molecule has 0 saturated heterocycles. The average Bonchev–Trinajstić information content (AvgIpc) is 3.44. The second kappa shape index (κ2) is 11.2. The van der Waals surface area contributed by atoms with Crippen LogP contribution in [0.4, 0.5) is 13.2 Å². The van der Waals surface area contributed by atoms with Crippen LogP contribution in [0.5, 0.6) is 0 Å². The Balaban J connectivity index is 1.78. The van der Waals surface area contributed by atoms with Crippen LogP contribution in [0.3, 0.4) is 0 Å². The molecule has 0 fully saturated rings. The SMILES string of the molecule is CN(C)C/C=C(\C=O)CN1Cc2sc(Cl)cc2[C@H](c2ccccc2-c2cn(CC#N)nc2C(F)(F)F)C1. The smallest absolute Gasteiger partial charge is 0.306 e. The average molecular weight is 548 g/mol. The highest BCUT2D eigenvalue weighted by Crippen LogP contribution is 2.45. The van der Waals surface area contributed by atoms with Gasteiger partial charge in [0.2, 0.25) is 0 Å². The third-order valence-corrected chi connectivity index (χ3v) is 7.43. The summed E-state index contributed by atoms with van der Waals surface area (Å²) in [7, 11) is 3.83. The van der Waals surface area contributed by atoms with Gasteiger partial charge in [0.25, 0.3) is 0 Å². The molecule has 1 aromatic carbocycles. The number of rotatable bonds is 8. The van der Waals surface area contributed by atoms with Crippen LogP contribution in [-0.4, -0.2) is 59.6 Å². The Hall–Kier alpha value is -2.97. The Morgan fingerprint density at radius 2 is 2.05 bits per heavy atom. The van der Waals surface area contributed by atoms with Crippen molar-refractivity contribution in [3.05, 3.63) is 74.2 Å². The fourth-order valence-corrected chi connectivity index (χ4v) is 5.96. The molecule has 0 N–H and O–H groups in total. The summed E-state index contributed by atoms with van der Waals surface area (Å²) in [5.74, 6) is -0.272. The van der Waals surface area contributed by atoms with E-state index in [0.717, 1.165) is 21.4 Å². The molecule has 0 amide bonds. The van der Waals surface area contributed by atoms with E-state index in [9.17, 15) is 18.0 Å². The van der Waals surface area contributed by atoms with Crippen molar-refractivity contribution in [3.8, 4) is 17.2 Å². The lowest BCUT2D eigenvalue weighted by molar-refractivity contribution is -0.141. The summed E-state index contributed by atoms with van der Waals surface area (Å²) in [6, 6.07) is 10.7. The van der Waals surface area contributed by atoms with Crippen molar-refractivity contribution in [2.24, 2.45) is 0 Å². The van der Waals surface area contributed by atoms with Gasteiger partial charge in [-0.2, -0.15) is 23.5 Å². The molecule has 37 heavy (non-hydrogen) atoms. The number of thiophene rings is 1. The topological polar surface area (TPSA) is 65.2 Å². The Morgan fingerprint density at radius 3 is 2.73 bits per heavy atom. The number of hydrogen-bond donors (Lipinski definition) is 0. The zero-order valence-electron chi connectivity index (χ0n) is 20.3. The molecule has 0 radical (unpaired) electrons. The van der Waals surface area contributed by atoms with E-state index in [-0.39, 0.29) is 18.0 Å². The fourth-order valence-electron chi connectivity index (χ4n) is 4.57. The van der Waals surface area contributed by atoms with Gasteiger partial charge < -0.3 is 4.90 Å². The maximum atomic E-state index is 14.0. The minimum absolute atomic E-state index is 0.0715. The number of halogens is 4. The molecule has 0 aliphatic carbocycles. The quantitative estimate of drug-likeness (QED) is 0.277. The van der Waals surface area contributed by atoms with Gasteiger partial charge in [0.15, 0.2) is 5.69 Å². The van der Waals surface area contributed by atoms with Crippen molar-refractivity contribution >= 4 is 29.2 Å². The van der Waals surface area contributed by atoms with E-state index < -0.39 is 11.9 Å². The van der Waals surface area contributed by atoms with E-state index in [2.05, 4.69) is 10.00 Å². The van der Waals surface area contributed by atoms with E-state index in [1.807, 2.05) is 43.3 Å². The Morgan fingerprint density at radius 1 is 1.30 bits per heavy atom. The first-order valence-electron chi connectivity index (χ1n) is 11.5. The van der Waals surface area contributed by atoms with Crippen LogP contribution in [0.25, 0.3) is 11.1 Å². The number of hydrogen-bond acceptors (Lipinski definition) is 6. The molecule has 0 bridgehead atoms. The van der Waals surface area contributed by atoms with Crippen LogP contribution >= 0.6 is 22.9 Å². The molecule has 4 rings (SSSR count). The third-order valence-electron chi connectivity index (χ3n) is 6.16. The van der Waals surface area contributed by atoms with Crippen molar-refractivity contribution in [2.45, 2.75) is 25.2 Å². The molecule has 0 unspecified atom stereocenters. The predicted molar refractivity (Wildman–Crippen MR) is 137 cm³/mol. The predicted octanol–water partition coefficient (Wildman–Crippen LogP) is 5.44. The summed E-state index contributed by atoms with van der Waals surface area (Å²) in [6.07, 6.45) is -0.676. The Labute approximate surface area is 222 Å². The number of fused-ring (bicyclic) bond motifs is 1. The second-order valence-corrected chi connectivity index (χ2v) is 10.9. The van der Waals surface area contributed by atoms with Gasteiger partial charge >= 0.3 is 6.18 Å². The number of likely N-dealkylation sites (N-methyl/N-ethyl adjacent to an activating group) is 1. The number of nitrogens with zero attached hydrogens (tertiary/aromatic N) is 5. The minimum Gasteiger partial charge on any atom is -0.306 e. The first-order valence-corrected chi connectivity index (χ1v) is 12.7. The first kappa shape index (κ1) is 27.1. The molecular weight excluding hydrogens is 523 g/mol. The lowest BCUT2D eigenvalue weighted by Gasteiger charge is -2.34. The Kier molecular flexibility index (Phi) is 8.19. The third kappa shape index (κ3) is 6.13. The van der Waals surface area contributed by atoms with E-state index in [0.29, 0.717) is 47.2 Å². The van der Waals surface area contributed by atoms with Gasteiger partial charge in [0, 0.05) is 54.3 Å². The summed E-state index contributed by atoms with van der Waals surface area (Å²) in [5, 5.41) is 12.7. The summed E-state index contributed by atoms with van der Waals surface area (Å²) in [6.45, 7) is 1.83. The molecule has 3 aromatic rings. The summed E-state index contributed by atoms with van der Waals surface area (Å²) >= 11 is 7.82. The van der Waals surface area contributed by atoms with Crippen molar-refractivity contribution < 1.29 is 18.0 Å². The molecule has 6 nitrogen and oxygen atoms in total. The standard InChI is InChI=1S/C26H25ClF3N5OS/c1-33(2)9-7-17(16-36)12-34-13-21(20-11-24(27)37-23(20)15-34)18-5-3-4-6-19(18)22-14-35(10-8-31)32-25(22)26(28,29)30/h3-7,11,14,16,21H,9-10,12-13,15H2,1-2H3/b17-7-/t21-/m0/s1. The van der Waals surface area contributed by atoms with Gasteiger partial charge in [0.05, 0.1) is 10.4 Å². The van der Waals surface area contributed by atoms with Crippen molar-refractivity contribution in [3.63, 3.8) is 0 Å². The monoisotopic (exact) mass is 547 g/mol. The van der Waals surface area contributed by atoms with E-state index in [4.69, 9.17) is 16.9 Å². The van der Waals surface area contributed by atoms with Crippen molar-refractivity contribution in [1.29, 1.82) is 5.26 Å². The fraction of sp³-hybridized carbons (Fsp3) is 0.346. The first-order chi connectivity index (χ1) is 17.6. The van der Waals surface area contributed by atoms with Crippen LogP contribution < -0.4 is 0 Å². The van der Waals surface area contributed by atoms with Gasteiger partial charge in [-0.1, -0.05) is 41.9 Å². The van der Waals surface area contributed by atoms with Gasteiger partial charge in [0.1, 0.15) is 12.8 Å². The lowest BCUT2D eigenvalue weighted by atomic mass is 9.84. The number of alkyl halides is 3. The Bertz CT molecular complexity index is 1350. The number of aromatic nitrogens is 2. The molecule has 0 spiro atoms. The van der Waals surface area contributed by atoms with Crippen LogP contribution in [0, 0.1) is 11.3 Å². The largest absolute Gasteiger partial charge is 0.435 e. The van der Waals surface area contributed by atoms with Crippen molar-refractivity contribution in [2.75, 3.05) is 33.7 Å². The summed E-state index contributed by atoms with van der Waals surface area (Å²) in [5.41, 5.74) is 1.62. The van der Waals surface area contributed by atoms with E-state index in [1.54, 1.807) is 18.2 Å². The van der Waals surface area contributed by atoms with Crippen LogP contribution in [0.2, 0.25) is 4.34 Å². The van der Waals surface area contributed by atoms with Crippen LogP contribution in [-0.2, 0) is 24.1 Å². The highest BCUT2D eigenvalue weighted by atomic mass is 35.5. The van der Waals surface area contributed by atoms with E-state index >= 15 is 0 Å². The molecule has 194 valence electrons. The zero-order valence-corrected chi connectivity index (χ0v) is 21.9. The van der Waals surface area contributed by atoms with Gasteiger partial charge in [-0.3, -0.25) is 14.4 Å².